The van der Waals surface area contributed by atoms with Crippen LogP contribution in [0.5, 0.6) is 0 Å². The minimum Gasteiger partial charge on any atom is -0.356 e. The van der Waals surface area contributed by atoms with Crippen LogP contribution in [0.25, 0.3) is 0 Å². The first kappa shape index (κ1) is 17.7. The average Bonchev–Trinajstić information content (AvgIpc) is 2.79. The smallest absolute Gasteiger partial charge is 0.317 e. The molecule has 2 aliphatic heterocycles. The highest BCUT2D eigenvalue weighted by Crippen LogP contribution is 2.30. The van der Waals surface area contributed by atoms with Crippen molar-refractivity contribution < 1.29 is 14.0 Å². The molecule has 3 rings (SSSR count). The number of halogens is 1. The summed E-state index contributed by atoms with van der Waals surface area (Å²) in [6.07, 6.45) is 2.10. The van der Waals surface area contributed by atoms with E-state index in [0.29, 0.717) is 32.6 Å². The highest BCUT2D eigenvalue weighted by molar-refractivity contribution is 5.76. The lowest BCUT2D eigenvalue weighted by Crippen LogP contribution is -2.63. The molecule has 3 amide bonds. The van der Waals surface area contributed by atoms with Gasteiger partial charge in [0.15, 0.2) is 0 Å². The Labute approximate surface area is 147 Å². The number of amides is 3. The van der Waals surface area contributed by atoms with Crippen LogP contribution in [-0.2, 0) is 11.3 Å². The maximum absolute atomic E-state index is 12.9. The van der Waals surface area contributed by atoms with Gasteiger partial charge >= 0.3 is 6.03 Å². The average molecular weight is 348 g/mol. The molecule has 2 heterocycles. The second kappa shape index (κ2) is 7.39. The standard InChI is InChI=1S/C18H25FN4O2/c1-22-10-11-23(13-18(22)7-6-16(24)20-9-8-18)17(25)21-12-14-2-4-15(19)5-3-14/h2-5H,6-13H2,1H3,(H,20,24)(H,21,25)/t18-/m0/s1. The van der Waals surface area contributed by atoms with Crippen molar-refractivity contribution in [2.45, 2.75) is 31.3 Å². The molecule has 1 atom stereocenters. The Bertz CT molecular complexity index is 636. The van der Waals surface area contributed by atoms with Crippen molar-refractivity contribution in [1.29, 1.82) is 0 Å². The molecule has 1 aromatic carbocycles. The van der Waals surface area contributed by atoms with Crippen molar-refractivity contribution in [3.8, 4) is 0 Å². The summed E-state index contributed by atoms with van der Waals surface area (Å²) in [7, 11) is 2.07. The Kier molecular flexibility index (Phi) is 5.22. The third-order valence-electron chi connectivity index (χ3n) is 5.37. The van der Waals surface area contributed by atoms with E-state index in [1.165, 1.54) is 12.1 Å². The molecule has 0 bridgehead atoms. The molecule has 0 unspecified atom stereocenters. The van der Waals surface area contributed by atoms with Gasteiger partial charge in [-0.05, 0) is 37.6 Å². The zero-order chi connectivity index (χ0) is 17.9. The quantitative estimate of drug-likeness (QED) is 0.847. The molecule has 1 aromatic rings. The molecule has 2 fully saturated rings. The number of carbonyl (C=O) groups is 2. The number of carbonyl (C=O) groups excluding carboxylic acids is 2. The van der Waals surface area contributed by atoms with Crippen LogP contribution in [0.4, 0.5) is 9.18 Å². The van der Waals surface area contributed by atoms with E-state index in [1.807, 2.05) is 4.90 Å². The van der Waals surface area contributed by atoms with E-state index in [0.717, 1.165) is 24.9 Å². The number of hydrogen-bond acceptors (Lipinski definition) is 3. The minimum absolute atomic E-state index is 0.0863. The molecule has 2 N–H and O–H groups in total. The monoisotopic (exact) mass is 348 g/mol. The normalized spacial score (nSPS) is 24.7. The number of nitrogens with zero attached hydrogens (tertiary/aromatic N) is 2. The fourth-order valence-electron chi connectivity index (χ4n) is 3.66. The number of nitrogens with one attached hydrogen (secondary N) is 2. The van der Waals surface area contributed by atoms with E-state index < -0.39 is 0 Å². The van der Waals surface area contributed by atoms with Crippen LogP contribution in [0.1, 0.15) is 24.8 Å². The fourth-order valence-corrected chi connectivity index (χ4v) is 3.66. The first-order valence-corrected chi connectivity index (χ1v) is 8.74. The van der Waals surface area contributed by atoms with Gasteiger partial charge in [0.25, 0.3) is 0 Å². The summed E-state index contributed by atoms with van der Waals surface area (Å²) in [6, 6.07) is 6.01. The second-order valence-electron chi connectivity index (χ2n) is 6.95. The third-order valence-corrected chi connectivity index (χ3v) is 5.37. The van der Waals surface area contributed by atoms with E-state index in [-0.39, 0.29) is 23.3 Å². The first-order chi connectivity index (χ1) is 12.0. The number of benzene rings is 1. The predicted molar refractivity (Wildman–Crippen MR) is 92.4 cm³/mol. The molecular weight excluding hydrogens is 323 g/mol. The molecule has 2 saturated heterocycles. The lowest BCUT2D eigenvalue weighted by atomic mass is 9.86. The maximum atomic E-state index is 12.9. The summed E-state index contributed by atoms with van der Waals surface area (Å²) in [6.45, 7) is 3.09. The lowest BCUT2D eigenvalue weighted by molar-refractivity contribution is -0.121. The third kappa shape index (κ3) is 4.10. The number of urea groups is 1. The van der Waals surface area contributed by atoms with Gasteiger partial charge in [-0.2, -0.15) is 0 Å². The van der Waals surface area contributed by atoms with Crippen LogP contribution in [0.15, 0.2) is 24.3 Å². The summed E-state index contributed by atoms with van der Waals surface area (Å²) in [5.74, 6) is -0.198. The molecule has 7 heteroatoms. The van der Waals surface area contributed by atoms with Gasteiger partial charge in [-0.25, -0.2) is 9.18 Å². The zero-order valence-electron chi connectivity index (χ0n) is 14.6. The summed E-state index contributed by atoms with van der Waals surface area (Å²) < 4.78 is 12.9. The van der Waals surface area contributed by atoms with Crippen molar-refractivity contribution in [3.05, 3.63) is 35.6 Å². The molecule has 0 aliphatic carbocycles. The van der Waals surface area contributed by atoms with Crippen LogP contribution in [0.2, 0.25) is 0 Å². The van der Waals surface area contributed by atoms with Crippen LogP contribution in [0.3, 0.4) is 0 Å². The van der Waals surface area contributed by atoms with E-state index in [9.17, 15) is 14.0 Å². The largest absolute Gasteiger partial charge is 0.356 e. The topological polar surface area (TPSA) is 64.7 Å². The van der Waals surface area contributed by atoms with Crippen LogP contribution < -0.4 is 10.6 Å². The molecule has 25 heavy (non-hydrogen) atoms. The number of piperazine rings is 1. The summed E-state index contributed by atoms with van der Waals surface area (Å²) in [5, 5.41) is 5.83. The van der Waals surface area contributed by atoms with E-state index >= 15 is 0 Å². The Hall–Kier alpha value is -2.15. The highest BCUT2D eigenvalue weighted by Gasteiger charge is 2.42. The van der Waals surface area contributed by atoms with Crippen molar-refractivity contribution in [2.75, 3.05) is 33.2 Å². The molecule has 136 valence electrons. The molecule has 6 nitrogen and oxygen atoms in total. The summed E-state index contributed by atoms with van der Waals surface area (Å²) in [5.41, 5.74) is 0.716. The second-order valence-corrected chi connectivity index (χ2v) is 6.95. The number of rotatable bonds is 2. The van der Waals surface area contributed by atoms with Crippen molar-refractivity contribution in [3.63, 3.8) is 0 Å². The van der Waals surface area contributed by atoms with Crippen molar-refractivity contribution in [2.24, 2.45) is 0 Å². The number of hydrogen-bond donors (Lipinski definition) is 2. The van der Waals surface area contributed by atoms with Crippen molar-refractivity contribution in [1.82, 2.24) is 20.4 Å². The van der Waals surface area contributed by atoms with Gasteiger partial charge in [0.05, 0.1) is 0 Å². The Morgan fingerprint density at radius 1 is 1.28 bits per heavy atom. The van der Waals surface area contributed by atoms with Crippen LogP contribution in [-0.4, -0.2) is 60.5 Å². The minimum atomic E-state index is -0.285. The molecule has 1 spiro atoms. The van der Waals surface area contributed by atoms with Gasteiger partial charge < -0.3 is 15.5 Å². The summed E-state index contributed by atoms with van der Waals surface area (Å²) >= 11 is 0. The molecule has 0 radical (unpaired) electrons. The fraction of sp³-hybridized carbons (Fsp3) is 0.556. The SMILES string of the molecule is CN1CCN(C(=O)NCc2ccc(F)cc2)C[C@]12CCNC(=O)CC2. The van der Waals surface area contributed by atoms with Gasteiger partial charge in [-0.15, -0.1) is 0 Å². The van der Waals surface area contributed by atoms with E-state index in [2.05, 4.69) is 22.6 Å². The van der Waals surface area contributed by atoms with E-state index in [4.69, 9.17) is 0 Å². The Morgan fingerprint density at radius 3 is 2.80 bits per heavy atom. The predicted octanol–water partition coefficient (Wildman–Crippen LogP) is 1.32. The number of likely N-dealkylation sites (N-methyl/N-ethyl adjacent to an activating group) is 1. The molecule has 2 aliphatic rings. The van der Waals surface area contributed by atoms with Crippen LogP contribution >= 0.6 is 0 Å². The zero-order valence-corrected chi connectivity index (χ0v) is 14.6. The van der Waals surface area contributed by atoms with Gasteiger partial charge in [0, 0.05) is 44.7 Å². The van der Waals surface area contributed by atoms with Gasteiger partial charge in [-0.1, -0.05) is 12.1 Å². The van der Waals surface area contributed by atoms with Crippen LogP contribution in [0, 0.1) is 5.82 Å². The molecular formula is C18H25FN4O2. The lowest BCUT2D eigenvalue weighted by Gasteiger charge is -2.49. The first-order valence-electron chi connectivity index (χ1n) is 8.74. The summed E-state index contributed by atoms with van der Waals surface area (Å²) in [4.78, 5) is 28.3. The van der Waals surface area contributed by atoms with Gasteiger partial charge in [0.2, 0.25) is 5.91 Å². The van der Waals surface area contributed by atoms with Gasteiger partial charge in [-0.3, -0.25) is 9.69 Å². The highest BCUT2D eigenvalue weighted by atomic mass is 19.1. The molecule has 0 aromatic heterocycles. The van der Waals surface area contributed by atoms with Gasteiger partial charge in [0.1, 0.15) is 5.82 Å². The maximum Gasteiger partial charge on any atom is 0.317 e. The Morgan fingerprint density at radius 2 is 2.04 bits per heavy atom. The molecule has 0 saturated carbocycles. The van der Waals surface area contributed by atoms with Crippen molar-refractivity contribution >= 4 is 11.9 Å². The Balaban J connectivity index is 1.61. The van der Waals surface area contributed by atoms with E-state index in [1.54, 1.807) is 12.1 Å².